The van der Waals surface area contributed by atoms with Gasteiger partial charge in [-0.15, -0.1) is 0 Å². The monoisotopic (exact) mass is 373 g/mol. The fourth-order valence-electron chi connectivity index (χ4n) is 3.54. The fourth-order valence-corrected chi connectivity index (χ4v) is 3.54. The van der Waals surface area contributed by atoms with Gasteiger partial charge < -0.3 is 10.6 Å². The van der Waals surface area contributed by atoms with Crippen molar-refractivity contribution in [3.8, 4) is 11.1 Å². The lowest BCUT2D eigenvalue weighted by Gasteiger charge is -2.36. The van der Waals surface area contributed by atoms with Crippen LogP contribution in [0.15, 0.2) is 67.1 Å². The number of rotatable bonds is 5. The largest absolute Gasteiger partial charge is 0.369 e. The summed E-state index contributed by atoms with van der Waals surface area (Å²) in [5.41, 5.74) is 10.1. The zero-order chi connectivity index (χ0) is 19.3. The molecule has 1 aliphatic rings. The topological polar surface area (TPSA) is 75.4 Å². The van der Waals surface area contributed by atoms with E-state index in [0.29, 0.717) is 0 Å². The first kappa shape index (κ1) is 18.1. The molecule has 1 saturated heterocycles. The lowest BCUT2D eigenvalue weighted by atomic mass is 10.0. The summed E-state index contributed by atoms with van der Waals surface area (Å²) in [5.74, 6) is -0.508. The number of carbonyl (C=O) groups is 1. The van der Waals surface area contributed by atoms with Gasteiger partial charge in [0.25, 0.3) is 5.91 Å². The Morgan fingerprint density at radius 1 is 0.964 bits per heavy atom. The summed E-state index contributed by atoms with van der Waals surface area (Å²) >= 11 is 0. The molecule has 2 aromatic heterocycles. The number of aromatic nitrogens is 2. The van der Waals surface area contributed by atoms with Gasteiger partial charge in [0.05, 0.1) is 0 Å². The van der Waals surface area contributed by atoms with E-state index in [1.54, 1.807) is 12.3 Å². The molecule has 0 radical (unpaired) electrons. The van der Waals surface area contributed by atoms with Gasteiger partial charge in [-0.25, -0.2) is 0 Å². The number of carbonyl (C=O) groups excluding carboxylic acids is 1. The van der Waals surface area contributed by atoms with Gasteiger partial charge in [-0.3, -0.25) is 19.7 Å². The van der Waals surface area contributed by atoms with Crippen molar-refractivity contribution >= 4 is 11.6 Å². The van der Waals surface area contributed by atoms with Gasteiger partial charge in [-0.2, -0.15) is 0 Å². The molecule has 1 aliphatic heterocycles. The van der Waals surface area contributed by atoms with E-state index < -0.39 is 5.91 Å². The van der Waals surface area contributed by atoms with E-state index >= 15 is 0 Å². The van der Waals surface area contributed by atoms with Crippen molar-refractivity contribution in [3.63, 3.8) is 0 Å². The summed E-state index contributed by atoms with van der Waals surface area (Å²) in [6.45, 7) is 5.01. The molecule has 0 atom stereocenters. The Labute approximate surface area is 164 Å². The van der Waals surface area contributed by atoms with E-state index in [2.05, 4.69) is 56.2 Å². The number of primary amides is 1. The second-order valence-electron chi connectivity index (χ2n) is 6.97. The van der Waals surface area contributed by atoms with E-state index in [9.17, 15) is 4.79 Å². The van der Waals surface area contributed by atoms with Crippen LogP contribution in [0.4, 0.5) is 5.69 Å². The third-order valence-electron chi connectivity index (χ3n) is 5.08. The number of nitrogens with two attached hydrogens (primary N) is 1. The van der Waals surface area contributed by atoms with Crippen LogP contribution < -0.4 is 10.6 Å². The maximum atomic E-state index is 11.2. The van der Waals surface area contributed by atoms with Crippen LogP contribution in [-0.4, -0.2) is 47.0 Å². The van der Waals surface area contributed by atoms with Crippen molar-refractivity contribution in [1.82, 2.24) is 14.9 Å². The lowest BCUT2D eigenvalue weighted by Crippen LogP contribution is -2.45. The van der Waals surface area contributed by atoms with Crippen LogP contribution in [-0.2, 0) is 6.54 Å². The molecule has 1 amide bonds. The molecular formula is C22H23N5O. The molecule has 0 saturated carbocycles. The first-order chi connectivity index (χ1) is 13.7. The third-order valence-corrected chi connectivity index (χ3v) is 5.08. The number of piperazine rings is 1. The molecule has 1 aromatic carbocycles. The van der Waals surface area contributed by atoms with Gasteiger partial charge in [0, 0.05) is 62.6 Å². The summed E-state index contributed by atoms with van der Waals surface area (Å²) in [4.78, 5) is 24.3. The molecule has 0 spiro atoms. The number of nitrogens with zero attached hydrogens (tertiary/aromatic N) is 4. The third kappa shape index (κ3) is 4.18. The predicted octanol–water partition coefficient (Wildman–Crippen LogP) is 2.56. The molecule has 3 heterocycles. The summed E-state index contributed by atoms with van der Waals surface area (Å²) in [5, 5.41) is 0. The van der Waals surface area contributed by atoms with E-state index in [1.807, 2.05) is 18.5 Å². The zero-order valence-corrected chi connectivity index (χ0v) is 15.7. The molecule has 142 valence electrons. The van der Waals surface area contributed by atoms with Crippen molar-refractivity contribution < 1.29 is 4.79 Å². The van der Waals surface area contributed by atoms with E-state index in [0.717, 1.165) is 43.9 Å². The van der Waals surface area contributed by atoms with Crippen LogP contribution in [0.25, 0.3) is 11.1 Å². The molecule has 3 aromatic rings. The highest BCUT2D eigenvalue weighted by Crippen LogP contribution is 2.21. The lowest BCUT2D eigenvalue weighted by molar-refractivity contribution is 0.0995. The van der Waals surface area contributed by atoms with E-state index in [4.69, 9.17) is 5.73 Å². The second-order valence-corrected chi connectivity index (χ2v) is 6.97. The Bertz CT molecular complexity index is 935. The number of amides is 1. The van der Waals surface area contributed by atoms with Crippen LogP contribution in [0.3, 0.4) is 0 Å². The minimum absolute atomic E-state index is 0.284. The average molecular weight is 373 g/mol. The number of anilines is 1. The van der Waals surface area contributed by atoms with Crippen LogP contribution in [0.2, 0.25) is 0 Å². The molecule has 0 bridgehead atoms. The normalized spacial score (nSPS) is 14.8. The number of hydrogen-bond donors (Lipinski definition) is 1. The SMILES string of the molecule is NC(=O)c1ccc(-c2cccc(CN3CCN(c4ccncc4)CC3)c2)cn1. The van der Waals surface area contributed by atoms with Gasteiger partial charge in [0.15, 0.2) is 0 Å². The summed E-state index contributed by atoms with van der Waals surface area (Å²) < 4.78 is 0. The van der Waals surface area contributed by atoms with Crippen molar-refractivity contribution in [2.24, 2.45) is 5.73 Å². The molecule has 0 unspecified atom stereocenters. The van der Waals surface area contributed by atoms with Gasteiger partial charge in [-0.1, -0.05) is 24.3 Å². The van der Waals surface area contributed by atoms with Crippen molar-refractivity contribution in [3.05, 3.63) is 78.4 Å². The first-order valence-corrected chi connectivity index (χ1v) is 9.41. The Balaban J connectivity index is 1.39. The summed E-state index contributed by atoms with van der Waals surface area (Å²) in [7, 11) is 0. The first-order valence-electron chi connectivity index (χ1n) is 9.41. The van der Waals surface area contributed by atoms with Crippen LogP contribution >= 0.6 is 0 Å². The van der Waals surface area contributed by atoms with Crippen LogP contribution in [0, 0.1) is 0 Å². The quantitative estimate of drug-likeness (QED) is 0.744. The Kier molecular flexibility index (Phi) is 5.30. The Hall–Kier alpha value is -3.25. The number of pyridine rings is 2. The number of hydrogen-bond acceptors (Lipinski definition) is 5. The molecule has 28 heavy (non-hydrogen) atoms. The molecule has 4 rings (SSSR count). The van der Waals surface area contributed by atoms with Gasteiger partial charge in [0.2, 0.25) is 0 Å². The zero-order valence-electron chi connectivity index (χ0n) is 15.7. The minimum atomic E-state index is -0.508. The maximum absolute atomic E-state index is 11.2. The molecule has 2 N–H and O–H groups in total. The molecule has 6 nitrogen and oxygen atoms in total. The highest BCUT2D eigenvalue weighted by Gasteiger charge is 2.17. The van der Waals surface area contributed by atoms with Crippen molar-refractivity contribution in [2.45, 2.75) is 6.54 Å². The van der Waals surface area contributed by atoms with E-state index in [-0.39, 0.29) is 5.69 Å². The molecular weight excluding hydrogens is 350 g/mol. The van der Waals surface area contributed by atoms with Gasteiger partial charge in [-0.05, 0) is 35.4 Å². The predicted molar refractivity (Wildman–Crippen MR) is 110 cm³/mol. The van der Waals surface area contributed by atoms with E-state index in [1.165, 1.54) is 11.3 Å². The average Bonchev–Trinajstić information content (AvgIpc) is 2.75. The van der Waals surface area contributed by atoms with Gasteiger partial charge >= 0.3 is 0 Å². The maximum Gasteiger partial charge on any atom is 0.267 e. The molecule has 1 fully saturated rings. The second kappa shape index (κ2) is 8.19. The molecule has 6 heteroatoms. The highest BCUT2D eigenvalue weighted by molar-refractivity contribution is 5.91. The smallest absolute Gasteiger partial charge is 0.267 e. The highest BCUT2D eigenvalue weighted by atomic mass is 16.1. The van der Waals surface area contributed by atoms with Crippen LogP contribution in [0.1, 0.15) is 16.1 Å². The Morgan fingerprint density at radius 3 is 2.43 bits per heavy atom. The Morgan fingerprint density at radius 2 is 1.75 bits per heavy atom. The fraction of sp³-hybridized carbons (Fsp3) is 0.227. The summed E-state index contributed by atoms with van der Waals surface area (Å²) in [6, 6.07) is 16.2. The van der Waals surface area contributed by atoms with Gasteiger partial charge in [0.1, 0.15) is 5.69 Å². The molecule has 0 aliphatic carbocycles. The van der Waals surface area contributed by atoms with Crippen molar-refractivity contribution in [2.75, 3.05) is 31.1 Å². The number of benzene rings is 1. The summed E-state index contributed by atoms with van der Waals surface area (Å²) in [6.07, 6.45) is 5.39. The van der Waals surface area contributed by atoms with Crippen molar-refractivity contribution in [1.29, 1.82) is 0 Å². The standard InChI is InChI=1S/C22H23N5O/c23-22(28)21-5-4-19(15-25-21)18-3-1-2-17(14-18)16-26-10-12-27(13-11-26)20-6-8-24-9-7-20/h1-9,14-15H,10-13,16H2,(H2,23,28). The minimum Gasteiger partial charge on any atom is -0.369 e. The van der Waals surface area contributed by atoms with Crippen LogP contribution in [0.5, 0.6) is 0 Å².